The predicted octanol–water partition coefficient (Wildman–Crippen LogP) is 0.757. The van der Waals surface area contributed by atoms with Crippen molar-refractivity contribution in [3.63, 3.8) is 0 Å². The summed E-state index contributed by atoms with van der Waals surface area (Å²) >= 11 is 0.874. The summed E-state index contributed by atoms with van der Waals surface area (Å²) in [4.78, 5) is 22.2. The Morgan fingerprint density at radius 3 is 2.52 bits per heavy atom. The highest BCUT2D eigenvalue weighted by Gasteiger charge is 2.31. The van der Waals surface area contributed by atoms with Crippen LogP contribution in [0.5, 0.6) is 0 Å². The van der Waals surface area contributed by atoms with Crippen LogP contribution in [-0.2, 0) is 14.8 Å². The molecule has 0 aliphatic carbocycles. The van der Waals surface area contributed by atoms with E-state index in [0.717, 1.165) is 15.6 Å². The maximum absolute atomic E-state index is 12.5. The molecule has 1 rings (SSSR count). The molecular formula is C12H18N2O5S2. The summed E-state index contributed by atoms with van der Waals surface area (Å²) < 4.78 is 26.1. The first-order valence-corrected chi connectivity index (χ1v) is 8.44. The number of amides is 1. The average Bonchev–Trinajstić information content (AvgIpc) is 2.80. The molecule has 0 saturated carbocycles. The molecule has 0 bridgehead atoms. The molecule has 2 N–H and O–H groups in total. The minimum absolute atomic E-state index is 0.0314. The predicted molar refractivity (Wildman–Crippen MR) is 79.1 cm³/mol. The first-order chi connectivity index (χ1) is 9.62. The number of hydrogen-bond donors (Lipinski definition) is 2. The highest BCUT2D eigenvalue weighted by Crippen LogP contribution is 2.29. The second kappa shape index (κ2) is 6.54. The SMILES string of the molecule is CNC(=O)C(C)CN(C)S(=O)(=O)c1c(C)csc1C(=O)O. The van der Waals surface area contributed by atoms with Crippen LogP contribution in [0.2, 0.25) is 0 Å². The second-order valence-electron chi connectivity index (χ2n) is 4.68. The molecule has 0 aliphatic heterocycles. The zero-order chi connectivity index (χ0) is 16.4. The third-order valence-electron chi connectivity index (χ3n) is 3.01. The van der Waals surface area contributed by atoms with Gasteiger partial charge in [-0.15, -0.1) is 11.3 Å². The topological polar surface area (TPSA) is 104 Å². The number of carbonyl (C=O) groups excluding carboxylic acids is 1. The summed E-state index contributed by atoms with van der Waals surface area (Å²) in [6.07, 6.45) is 0. The number of carbonyl (C=O) groups is 2. The van der Waals surface area contributed by atoms with Gasteiger partial charge >= 0.3 is 5.97 Å². The van der Waals surface area contributed by atoms with Gasteiger partial charge in [0.2, 0.25) is 15.9 Å². The van der Waals surface area contributed by atoms with Gasteiger partial charge in [0.1, 0.15) is 9.77 Å². The fourth-order valence-electron chi connectivity index (χ4n) is 1.87. The van der Waals surface area contributed by atoms with Crippen LogP contribution in [0.25, 0.3) is 0 Å². The van der Waals surface area contributed by atoms with E-state index in [1.54, 1.807) is 13.8 Å². The van der Waals surface area contributed by atoms with Crippen LogP contribution in [-0.4, -0.2) is 50.3 Å². The van der Waals surface area contributed by atoms with Crippen LogP contribution in [0, 0.1) is 12.8 Å². The van der Waals surface area contributed by atoms with Crippen molar-refractivity contribution in [1.82, 2.24) is 9.62 Å². The molecule has 7 nitrogen and oxygen atoms in total. The number of carboxylic acids is 1. The summed E-state index contributed by atoms with van der Waals surface area (Å²) in [5.41, 5.74) is 0.386. The number of nitrogens with one attached hydrogen (secondary N) is 1. The molecule has 0 aliphatic rings. The molecule has 1 heterocycles. The normalized spacial score (nSPS) is 13.2. The monoisotopic (exact) mass is 334 g/mol. The molecule has 0 saturated heterocycles. The van der Waals surface area contributed by atoms with Gasteiger partial charge in [0, 0.05) is 26.6 Å². The van der Waals surface area contributed by atoms with E-state index >= 15 is 0 Å². The number of aryl methyl sites for hydroxylation is 1. The molecule has 118 valence electrons. The number of carboxylic acid groups (broad SMARTS) is 1. The molecule has 1 aromatic rings. The van der Waals surface area contributed by atoms with Gasteiger partial charge in [-0.05, 0) is 17.9 Å². The van der Waals surface area contributed by atoms with Gasteiger partial charge in [-0.2, -0.15) is 0 Å². The number of sulfonamides is 1. The quantitative estimate of drug-likeness (QED) is 0.799. The third-order valence-corrected chi connectivity index (χ3v) is 6.23. The fraction of sp³-hybridized carbons (Fsp3) is 0.500. The number of nitrogens with zero attached hydrogens (tertiary/aromatic N) is 1. The molecule has 0 fully saturated rings. The van der Waals surface area contributed by atoms with E-state index in [0.29, 0.717) is 5.56 Å². The lowest BCUT2D eigenvalue weighted by Crippen LogP contribution is -2.37. The number of rotatable bonds is 6. The maximum atomic E-state index is 12.5. The lowest BCUT2D eigenvalue weighted by Gasteiger charge is -2.20. The minimum atomic E-state index is -3.96. The summed E-state index contributed by atoms with van der Waals surface area (Å²) in [5.74, 6) is -2.10. The largest absolute Gasteiger partial charge is 0.477 e. The Balaban J connectivity index is 3.14. The minimum Gasteiger partial charge on any atom is -0.477 e. The van der Waals surface area contributed by atoms with Crippen molar-refractivity contribution < 1.29 is 23.1 Å². The number of aromatic carboxylic acids is 1. The van der Waals surface area contributed by atoms with E-state index in [1.807, 2.05) is 0 Å². The molecule has 1 unspecified atom stereocenters. The number of thiophene rings is 1. The Hall–Kier alpha value is -1.45. The van der Waals surface area contributed by atoms with E-state index < -0.39 is 21.9 Å². The van der Waals surface area contributed by atoms with E-state index in [-0.39, 0.29) is 22.2 Å². The van der Waals surface area contributed by atoms with E-state index in [4.69, 9.17) is 5.11 Å². The Labute approximate surface area is 127 Å². The Kier molecular flexibility index (Phi) is 5.48. The van der Waals surface area contributed by atoms with Crippen molar-refractivity contribution in [2.24, 2.45) is 5.92 Å². The van der Waals surface area contributed by atoms with Crippen molar-refractivity contribution in [3.8, 4) is 0 Å². The van der Waals surface area contributed by atoms with Crippen LogP contribution < -0.4 is 5.32 Å². The Morgan fingerprint density at radius 1 is 1.48 bits per heavy atom. The molecule has 1 amide bonds. The lowest BCUT2D eigenvalue weighted by atomic mass is 10.2. The second-order valence-corrected chi connectivity index (χ2v) is 7.54. The van der Waals surface area contributed by atoms with Gasteiger partial charge in [-0.3, -0.25) is 4.79 Å². The van der Waals surface area contributed by atoms with Gasteiger partial charge in [0.15, 0.2) is 0 Å². The standard InChI is InChI=1S/C12H18N2O5S2/c1-7(11(15)13-3)5-14(4)21(18,19)10-8(2)6-20-9(10)12(16)17/h6-7H,5H2,1-4H3,(H,13,15)(H,16,17). The summed E-state index contributed by atoms with van der Waals surface area (Å²) in [7, 11) is -1.15. The van der Waals surface area contributed by atoms with Crippen molar-refractivity contribution in [2.45, 2.75) is 18.7 Å². The van der Waals surface area contributed by atoms with Crippen LogP contribution in [0.15, 0.2) is 10.3 Å². The summed E-state index contributed by atoms with van der Waals surface area (Å²) in [6.45, 7) is 3.12. The Bertz CT molecular complexity index is 651. The fourth-order valence-corrected chi connectivity index (χ4v) is 4.71. The summed E-state index contributed by atoms with van der Waals surface area (Å²) in [5, 5.41) is 13.0. The zero-order valence-electron chi connectivity index (χ0n) is 12.2. The van der Waals surface area contributed by atoms with Crippen molar-refractivity contribution >= 4 is 33.2 Å². The van der Waals surface area contributed by atoms with Crippen LogP contribution in [0.3, 0.4) is 0 Å². The lowest BCUT2D eigenvalue weighted by molar-refractivity contribution is -0.124. The molecule has 1 atom stereocenters. The molecule has 0 aromatic carbocycles. The molecular weight excluding hydrogens is 316 g/mol. The van der Waals surface area contributed by atoms with Gasteiger partial charge in [0.25, 0.3) is 0 Å². The first-order valence-electron chi connectivity index (χ1n) is 6.12. The van der Waals surface area contributed by atoms with Gasteiger partial charge < -0.3 is 10.4 Å². The van der Waals surface area contributed by atoms with Gasteiger partial charge in [0.05, 0.1) is 0 Å². The van der Waals surface area contributed by atoms with Crippen LogP contribution >= 0.6 is 11.3 Å². The highest BCUT2D eigenvalue weighted by atomic mass is 32.2. The van der Waals surface area contributed by atoms with E-state index in [2.05, 4.69) is 5.32 Å². The molecule has 9 heteroatoms. The first kappa shape index (κ1) is 17.6. The molecule has 0 radical (unpaired) electrons. The van der Waals surface area contributed by atoms with Gasteiger partial charge in [-0.1, -0.05) is 6.92 Å². The number of hydrogen-bond acceptors (Lipinski definition) is 5. The zero-order valence-corrected chi connectivity index (χ0v) is 13.8. The van der Waals surface area contributed by atoms with E-state index in [9.17, 15) is 18.0 Å². The van der Waals surface area contributed by atoms with Crippen molar-refractivity contribution in [2.75, 3.05) is 20.6 Å². The molecule has 0 spiro atoms. The average molecular weight is 334 g/mol. The smallest absolute Gasteiger partial charge is 0.347 e. The third kappa shape index (κ3) is 3.60. The van der Waals surface area contributed by atoms with Gasteiger partial charge in [-0.25, -0.2) is 17.5 Å². The molecule has 21 heavy (non-hydrogen) atoms. The van der Waals surface area contributed by atoms with E-state index in [1.165, 1.54) is 19.5 Å². The van der Waals surface area contributed by atoms with Crippen molar-refractivity contribution in [3.05, 3.63) is 15.8 Å². The Morgan fingerprint density at radius 2 is 2.05 bits per heavy atom. The van der Waals surface area contributed by atoms with Crippen LogP contribution in [0.4, 0.5) is 0 Å². The van der Waals surface area contributed by atoms with Crippen molar-refractivity contribution in [1.29, 1.82) is 0 Å². The van der Waals surface area contributed by atoms with Crippen LogP contribution in [0.1, 0.15) is 22.2 Å². The maximum Gasteiger partial charge on any atom is 0.347 e. The summed E-state index contributed by atoms with van der Waals surface area (Å²) in [6, 6.07) is 0. The highest BCUT2D eigenvalue weighted by molar-refractivity contribution is 7.89. The molecule has 1 aromatic heterocycles.